The Kier molecular flexibility index (Phi) is 9.36. The zero-order valence-corrected chi connectivity index (χ0v) is 37.1. The fourth-order valence-electron chi connectivity index (χ4n) is 9.85. The van der Waals surface area contributed by atoms with Crippen molar-refractivity contribution in [1.82, 2.24) is 15.0 Å². The van der Waals surface area contributed by atoms with Crippen LogP contribution < -0.4 is 0 Å². The Hall–Kier alpha value is -8.57. The van der Waals surface area contributed by atoms with E-state index in [4.69, 9.17) is 15.0 Å². The molecule has 0 amide bonds. The summed E-state index contributed by atoms with van der Waals surface area (Å²) in [4.78, 5) is 16.7. The molecule has 0 atom stereocenters. The van der Waals surface area contributed by atoms with Crippen molar-refractivity contribution in [3.05, 3.63) is 237 Å². The van der Waals surface area contributed by atoms with Gasteiger partial charge in [-0.25, -0.2) is 15.0 Å². The first-order chi connectivity index (χ1) is 33.2. The fourth-order valence-corrected chi connectivity index (χ4v) is 11.2. The van der Waals surface area contributed by atoms with Crippen LogP contribution >= 0.6 is 11.3 Å². The molecule has 0 radical (unpaired) electrons. The van der Waals surface area contributed by atoms with E-state index in [0.717, 1.165) is 56.0 Å². The van der Waals surface area contributed by atoms with Crippen molar-refractivity contribution in [3.63, 3.8) is 0 Å². The third-order valence-electron chi connectivity index (χ3n) is 13.1. The Morgan fingerprint density at radius 1 is 0.284 bits per heavy atom. The van der Waals surface area contributed by atoms with Gasteiger partial charge in [0.25, 0.3) is 0 Å². The lowest BCUT2D eigenvalue weighted by Gasteiger charge is -2.14. The van der Waals surface area contributed by atoms with Crippen LogP contribution in [0.2, 0.25) is 0 Å². The standard InChI is InChI=1S/C63H39N3S/c1-4-16-42(17-5-1)56-39-57(66-63(65-56)46-20-8-3-9-21-46)43-32-28-40(29-33-43)41-30-34-45(35-31-41)61-58(59-60(44-18-6-2-7-19-44)64-55-27-15-14-26-53(55)62(59)67-61)47-36-37-52-50-24-11-10-22-48(50)49-23-12-13-25-51(49)54(52)38-47/h1-39H. The van der Waals surface area contributed by atoms with Crippen molar-refractivity contribution in [2.45, 2.75) is 0 Å². The summed E-state index contributed by atoms with van der Waals surface area (Å²) < 4.78 is 1.24. The van der Waals surface area contributed by atoms with Gasteiger partial charge in [-0.3, -0.25) is 0 Å². The zero-order chi connectivity index (χ0) is 44.3. The number of fused-ring (bicyclic) bond motifs is 9. The maximum atomic E-state index is 5.44. The van der Waals surface area contributed by atoms with Crippen LogP contribution in [-0.4, -0.2) is 15.0 Å². The molecule has 10 aromatic carbocycles. The number of hydrogen-bond acceptors (Lipinski definition) is 4. The van der Waals surface area contributed by atoms with Crippen molar-refractivity contribution < 1.29 is 0 Å². The van der Waals surface area contributed by atoms with Crippen molar-refractivity contribution in [1.29, 1.82) is 0 Å². The molecule has 0 spiro atoms. The van der Waals surface area contributed by atoms with E-state index >= 15 is 0 Å². The normalized spacial score (nSPS) is 11.6. The monoisotopic (exact) mass is 869 g/mol. The van der Waals surface area contributed by atoms with E-state index < -0.39 is 0 Å². The van der Waals surface area contributed by atoms with E-state index in [1.165, 1.54) is 69.4 Å². The summed E-state index contributed by atoms with van der Waals surface area (Å²) in [5.74, 6) is 0.711. The lowest BCUT2D eigenvalue weighted by molar-refractivity contribution is 1.18. The molecule has 0 bridgehead atoms. The molecule has 13 aromatic rings. The van der Waals surface area contributed by atoms with Gasteiger partial charge in [0.1, 0.15) is 0 Å². The molecule has 0 N–H and O–H groups in total. The maximum Gasteiger partial charge on any atom is 0.160 e. The van der Waals surface area contributed by atoms with Crippen LogP contribution in [-0.2, 0) is 0 Å². The second kappa shape index (κ2) is 16.1. The molecule has 0 aliphatic carbocycles. The number of aromatic nitrogens is 3. The highest BCUT2D eigenvalue weighted by atomic mass is 32.1. The molecule has 13 rings (SSSR count). The summed E-state index contributed by atoms with van der Waals surface area (Å²) in [6, 6.07) is 84.5. The number of benzene rings is 10. The van der Waals surface area contributed by atoms with Crippen LogP contribution in [0.1, 0.15) is 0 Å². The average Bonchev–Trinajstić information content (AvgIpc) is 3.82. The Bertz CT molecular complexity index is 3900. The lowest BCUT2D eigenvalue weighted by Crippen LogP contribution is -1.95. The number of rotatable bonds is 7. The maximum absolute atomic E-state index is 5.44. The topological polar surface area (TPSA) is 38.7 Å². The van der Waals surface area contributed by atoms with Crippen LogP contribution in [0.4, 0.5) is 0 Å². The first-order valence-corrected chi connectivity index (χ1v) is 23.5. The molecule has 0 aliphatic heterocycles. The molecule has 0 fully saturated rings. The summed E-state index contributed by atoms with van der Waals surface area (Å²) in [7, 11) is 0. The van der Waals surface area contributed by atoms with Gasteiger partial charge in [-0.05, 0) is 72.8 Å². The van der Waals surface area contributed by atoms with E-state index in [-0.39, 0.29) is 0 Å². The summed E-state index contributed by atoms with van der Waals surface area (Å²) in [5.41, 5.74) is 13.8. The van der Waals surface area contributed by atoms with Crippen LogP contribution in [0.3, 0.4) is 0 Å². The molecule has 3 nitrogen and oxygen atoms in total. The fraction of sp³-hybridized carbons (Fsp3) is 0. The number of thiophene rings is 1. The van der Waals surface area contributed by atoms with E-state index in [0.29, 0.717) is 5.82 Å². The Morgan fingerprint density at radius 3 is 1.31 bits per heavy atom. The minimum Gasteiger partial charge on any atom is -0.247 e. The van der Waals surface area contributed by atoms with Gasteiger partial charge in [-0.2, -0.15) is 0 Å². The molecule has 0 unspecified atom stereocenters. The van der Waals surface area contributed by atoms with Gasteiger partial charge in [0.05, 0.1) is 22.6 Å². The minimum absolute atomic E-state index is 0.711. The average molecular weight is 870 g/mol. The van der Waals surface area contributed by atoms with Gasteiger partial charge in [0.15, 0.2) is 5.82 Å². The molecule has 4 heteroatoms. The van der Waals surface area contributed by atoms with Crippen LogP contribution in [0.15, 0.2) is 237 Å². The molecule has 0 saturated carbocycles. The number of pyridine rings is 1. The molecule has 312 valence electrons. The molecular formula is C63H39N3S. The molecule has 67 heavy (non-hydrogen) atoms. The zero-order valence-electron chi connectivity index (χ0n) is 36.3. The highest BCUT2D eigenvalue weighted by Crippen LogP contribution is 2.51. The van der Waals surface area contributed by atoms with Crippen molar-refractivity contribution >= 4 is 64.6 Å². The van der Waals surface area contributed by atoms with Crippen LogP contribution in [0, 0.1) is 0 Å². The summed E-state index contributed by atoms with van der Waals surface area (Å²) in [6.07, 6.45) is 0. The molecule has 3 heterocycles. The van der Waals surface area contributed by atoms with Gasteiger partial charge in [-0.1, -0.05) is 218 Å². The van der Waals surface area contributed by atoms with Gasteiger partial charge >= 0.3 is 0 Å². The summed E-state index contributed by atoms with van der Waals surface area (Å²) in [6.45, 7) is 0. The first-order valence-electron chi connectivity index (χ1n) is 22.7. The smallest absolute Gasteiger partial charge is 0.160 e. The van der Waals surface area contributed by atoms with Crippen molar-refractivity contribution in [2.24, 2.45) is 0 Å². The number of nitrogens with zero attached hydrogens (tertiary/aromatic N) is 3. The Balaban J connectivity index is 0.958. The van der Waals surface area contributed by atoms with Crippen LogP contribution in [0.25, 0.3) is 131 Å². The number of para-hydroxylation sites is 1. The SMILES string of the molecule is c1ccc(-c2cc(-c3ccc(-c4ccc(-c5sc6c(c(-c7ccccc7)nc7ccccc76)c5-c5ccc6c7ccccc7c7ccccc7c6c5)cc4)cc3)nc(-c3ccccc3)n2)cc1. The van der Waals surface area contributed by atoms with Gasteiger partial charge in [-0.15, -0.1) is 11.3 Å². The van der Waals surface area contributed by atoms with Crippen molar-refractivity contribution in [2.75, 3.05) is 0 Å². The van der Waals surface area contributed by atoms with Crippen LogP contribution in [0.5, 0.6) is 0 Å². The van der Waals surface area contributed by atoms with Gasteiger partial charge in [0.2, 0.25) is 0 Å². The third kappa shape index (κ3) is 6.77. The minimum atomic E-state index is 0.711. The van der Waals surface area contributed by atoms with Gasteiger partial charge in [0, 0.05) is 48.2 Å². The molecule has 0 aliphatic rings. The highest BCUT2D eigenvalue weighted by Gasteiger charge is 2.24. The second-order valence-electron chi connectivity index (χ2n) is 17.1. The van der Waals surface area contributed by atoms with Gasteiger partial charge < -0.3 is 0 Å². The Labute approximate surface area is 392 Å². The van der Waals surface area contributed by atoms with E-state index in [2.05, 4.69) is 212 Å². The highest BCUT2D eigenvalue weighted by molar-refractivity contribution is 7.24. The summed E-state index contributed by atoms with van der Waals surface area (Å²) >= 11 is 1.87. The summed E-state index contributed by atoms with van der Waals surface area (Å²) in [5, 5.41) is 9.93. The second-order valence-corrected chi connectivity index (χ2v) is 18.1. The van der Waals surface area contributed by atoms with Crippen molar-refractivity contribution in [3.8, 4) is 77.9 Å². The molecule has 0 saturated heterocycles. The Morgan fingerprint density at radius 2 is 0.716 bits per heavy atom. The largest absolute Gasteiger partial charge is 0.247 e. The third-order valence-corrected chi connectivity index (χ3v) is 14.4. The predicted octanol–water partition coefficient (Wildman–Crippen LogP) is 17.4. The number of hydrogen-bond donors (Lipinski definition) is 0. The quantitative estimate of drug-likeness (QED) is 0.150. The molecular weight excluding hydrogens is 831 g/mol. The predicted molar refractivity (Wildman–Crippen MR) is 283 cm³/mol. The first kappa shape index (κ1) is 38.9. The molecule has 3 aromatic heterocycles. The van der Waals surface area contributed by atoms with E-state index in [1.54, 1.807) is 0 Å². The van der Waals surface area contributed by atoms with E-state index in [1.807, 2.05) is 35.6 Å². The lowest BCUT2D eigenvalue weighted by atomic mass is 9.90. The van der Waals surface area contributed by atoms with E-state index in [9.17, 15) is 0 Å².